The standard InChI is InChI=1S/C24H28FN3O3/c1-30-20-5-2-4-18(14-20)23(29)16-31-13-3-10-28-11-8-17(9-12-28)24-21-7-6-19(25)15-22(21)26-27-24/h2,4-7,14-15,17H,3,8-13,16H2,1H3,(H,26,27). The number of ether oxygens (including phenoxy) is 2. The number of hydrogen-bond acceptors (Lipinski definition) is 5. The molecule has 1 fully saturated rings. The van der Waals surface area contributed by atoms with E-state index in [-0.39, 0.29) is 18.2 Å². The van der Waals surface area contributed by atoms with Gasteiger partial charge < -0.3 is 14.4 Å². The van der Waals surface area contributed by atoms with Gasteiger partial charge in [-0.25, -0.2) is 4.39 Å². The van der Waals surface area contributed by atoms with E-state index in [1.54, 1.807) is 25.3 Å². The number of likely N-dealkylation sites (tertiary alicyclic amines) is 1. The largest absolute Gasteiger partial charge is 0.497 e. The van der Waals surface area contributed by atoms with Crippen LogP contribution in [-0.4, -0.2) is 60.8 Å². The number of benzene rings is 2. The van der Waals surface area contributed by atoms with Crippen molar-refractivity contribution in [2.24, 2.45) is 0 Å². The van der Waals surface area contributed by atoms with E-state index in [1.807, 2.05) is 12.1 Å². The van der Waals surface area contributed by atoms with Gasteiger partial charge in [0.1, 0.15) is 18.2 Å². The van der Waals surface area contributed by atoms with Crippen LogP contribution < -0.4 is 4.74 Å². The van der Waals surface area contributed by atoms with E-state index in [0.29, 0.717) is 29.4 Å². The highest BCUT2D eigenvalue weighted by Crippen LogP contribution is 2.31. The van der Waals surface area contributed by atoms with E-state index in [2.05, 4.69) is 15.1 Å². The van der Waals surface area contributed by atoms with Crippen LogP contribution in [0.5, 0.6) is 5.75 Å². The van der Waals surface area contributed by atoms with Gasteiger partial charge in [0.15, 0.2) is 5.78 Å². The molecular weight excluding hydrogens is 397 g/mol. The van der Waals surface area contributed by atoms with Gasteiger partial charge >= 0.3 is 0 Å². The number of halogens is 1. The van der Waals surface area contributed by atoms with Gasteiger partial charge in [0.2, 0.25) is 0 Å². The minimum Gasteiger partial charge on any atom is -0.497 e. The maximum Gasteiger partial charge on any atom is 0.188 e. The van der Waals surface area contributed by atoms with Crippen LogP contribution in [0, 0.1) is 5.82 Å². The van der Waals surface area contributed by atoms with Crippen LogP contribution in [0.2, 0.25) is 0 Å². The van der Waals surface area contributed by atoms with Crippen LogP contribution >= 0.6 is 0 Å². The number of methoxy groups -OCH3 is 1. The normalized spacial score (nSPS) is 15.4. The zero-order chi connectivity index (χ0) is 21.6. The Bertz CT molecular complexity index is 1030. The van der Waals surface area contributed by atoms with Gasteiger partial charge in [-0.3, -0.25) is 9.89 Å². The van der Waals surface area contributed by atoms with E-state index >= 15 is 0 Å². The third-order valence-corrected chi connectivity index (χ3v) is 5.93. The van der Waals surface area contributed by atoms with Crippen molar-refractivity contribution in [3.05, 3.63) is 59.5 Å². The number of ketones is 1. The number of H-pyrrole nitrogens is 1. The van der Waals surface area contributed by atoms with E-state index in [0.717, 1.165) is 50.0 Å². The number of fused-ring (bicyclic) bond motifs is 1. The number of carbonyl (C=O) groups excluding carboxylic acids is 1. The van der Waals surface area contributed by atoms with Crippen LogP contribution in [0.25, 0.3) is 10.9 Å². The molecule has 0 atom stereocenters. The van der Waals surface area contributed by atoms with Gasteiger partial charge in [-0.2, -0.15) is 5.10 Å². The number of rotatable bonds is 9. The summed E-state index contributed by atoms with van der Waals surface area (Å²) in [4.78, 5) is 14.7. The van der Waals surface area contributed by atoms with Crippen molar-refractivity contribution in [1.82, 2.24) is 15.1 Å². The first kappa shape index (κ1) is 21.5. The quantitative estimate of drug-likeness (QED) is 0.412. The van der Waals surface area contributed by atoms with Crippen LogP contribution in [0.4, 0.5) is 4.39 Å². The van der Waals surface area contributed by atoms with Crippen LogP contribution in [0.1, 0.15) is 41.2 Å². The minimum absolute atomic E-state index is 0.0358. The monoisotopic (exact) mass is 425 g/mol. The second-order valence-corrected chi connectivity index (χ2v) is 7.98. The first-order valence-corrected chi connectivity index (χ1v) is 10.7. The van der Waals surface area contributed by atoms with Gasteiger partial charge in [0.25, 0.3) is 0 Å². The Kier molecular flexibility index (Phi) is 6.94. The number of hydrogen-bond donors (Lipinski definition) is 1. The Morgan fingerprint density at radius 1 is 1.23 bits per heavy atom. The van der Waals surface area contributed by atoms with Crippen molar-refractivity contribution in [2.75, 3.05) is 40.0 Å². The number of aromatic amines is 1. The van der Waals surface area contributed by atoms with Crippen molar-refractivity contribution in [1.29, 1.82) is 0 Å². The third-order valence-electron chi connectivity index (χ3n) is 5.93. The molecule has 1 saturated heterocycles. The molecule has 0 saturated carbocycles. The fourth-order valence-electron chi connectivity index (χ4n) is 4.20. The van der Waals surface area contributed by atoms with Crippen molar-refractivity contribution >= 4 is 16.7 Å². The van der Waals surface area contributed by atoms with Crippen LogP contribution in [0.15, 0.2) is 42.5 Å². The molecule has 31 heavy (non-hydrogen) atoms. The number of nitrogens with one attached hydrogen (secondary N) is 1. The molecule has 0 amide bonds. The number of piperidine rings is 1. The van der Waals surface area contributed by atoms with Crippen molar-refractivity contribution in [3.8, 4) is 5.75 Å². The zero-order valence-corrected chi connectivity index (χ0v) is 17.8. The molecule has 1 aliphatic rings. The Morgan fingerprint density at radius 3 is 2.87 bits per heavy atom. The fourth-order valence-corrected chi connectivity index (χ4v) is 4.20. The van der Waals surface area contributed by atoms with E-state index in [9.17, 15) is 9.18 Å². The summed E-state index contributed by atoms with van der Waals surface area (Å²) < 4.78 is 24.1. The average Bonchev–Trinajstić information content (AvgIpc) is 3.22. The topological polar surface area (TPSA) is 67.5 Å². The zero-order valence-electron chi connectivity index (χ0n) is 17.8. The molecule has 0 spiro atoms. The summed E-state index contributed by atoms with van der Waals surface area (Å²) in [7, 11) is 1.58. The Balaban J connectivity index is 1.16. The van der Waals surface area contributed by atoms with Crippen LogP contribution in [-0.2, 0) is 4.74 Å². The molecule has 2 heterocycles. The van der Waals surface area contributed by atoms with Gasteiger partial charge in [-0.05, 0) is 56.6 Å². The first-order chi connectivity index (χ1) is 15.1. The lowest BCUT2D eigenvalue weighted by atomic mass is 9.91. The highest BCUT2D eigenvalue weighted by molar-refractivity contribution is 5.97. The first-order valence-electron chi connectivity index (χ1n) is 10.7. The summed E-state index contributed by atoms with van der Waals surface area (Å²) in [6.07, 6.45) is 2.98. The summed E-state index contributed by atoms with van der Waals surface area (Å²) >= 11 is 0. The molecule has 2 aromatic carbocycles. The Labute approximate surface area is 181 Å². The van der Waals surface area contributed by atoms with Gasteiger partial charge in [0, 0.05) is 41.8 Å². The number of aromatic nitrogens is 2. The molecule has 7 heteroatoms. The average molecular weight is 426 g/mol. The molecule has 1 aliphatic heterocycles. The molecule has 0 radical (unpaired) electrons. The molecule has 0 unspecified atom stereocenters. The second kappa shape index (κ2) is 10.0. The number of Topliss-reactive ketones (excluding diaryl/α,β-unsaturated/α-hetero) is 1. The fraction of sp³-hybridized carbons (Fsp3) is 0.417. The summed E-state index contributed by atoms with van der Waals surface area (Å²) in [5.41, 5.74) is 2.42. The predicted molar refractivity (Wildman–Crippen MR) is 117 cm³/mol. The lowest BCUT2D eigenvalue weighted by molar-refractivity contribution is 0.0731. The molecule has 1 aromatic heterocycles. The number of carbonyl (C=O) groups is 1. The van der Waals surface area contributed by atoms with E-state index < -0.39 is 0 Å². The molecule has 164 valence electrons. The molecule has 0 bridgehead atoms. The van der Waals surface area contributed by atoms with Crippen molar-refractivity contribution in [3.63, 3.8) is 0 Å². The lowest BCUT2D eigenvalue weighted by Gasteiger charge is -2.31. The van der Waals surface area contributed by atoms with E-state index in [4.69, 9.17) is 9.47 Å². The molecule has 3 aromatic rings. The minimum atomic E-state index is -0.257. The predicted octanol–water partition coefficient (Wildman–Crippen LogP) is 4.18. The van der Waals surface area contributed by atoms with Gasteiger partial charge in [0.05, 0.1) is 12.6 Å². The Hall–Kier alpha value is -2.77. The molecule has 4 rings (SSSR count). The van der Waals surface area contributed by atoms with Gasteiger partial charge in [-0.1, -0.05) is 12.1 Å². The maximum atomic E-state index is 13.4. The third kappa shape index (κ3) is 5.29. The molecule has 1 N–H and O–H groups in total. The van der Waals surface area contributed by atoms with E-state index in [1.165, 1.54) is 12.1 Å². The maximum absolute atomic E-state index is 13.4. The molecule has 6 nitrogen and oxygen atoms in total. The Morgan fingerprint density at radius 2 is 2.06 bits per heavy atom. The lowest BCUT2D eigenvalue weighted by Crippen LogP contribution is -2.34. The van der Waals surface area contributed by atoms with Crippen molar-refractivity contribution < 1.29 is 18.7 Å². The van der Waals surface area contributed by atoms with Crippen LogP contribution in [0.3, 0.4) is 0 Å². The molecule has 0 aliphatic carbocycles. The SMILES string of the molecule is COc1cccc(C(=O)COCCCN2CCC(c3[nH]nc4cc(F)ccc34)CC2)c1. The summed E-state index contributed by atoms with van der Waals surface area (Å²) in [6, 6.07) is 11.9. The van der Waals surface area contributed by atoms with Gasteiger partial charge in [-0.15, -0.1) is 0 Å². The summed E-state index contributed by atoms with van der Waals surface area (Å²) in [6.45, 7) is 3.62. The highest BCUT2D eigenvalue weighted by atomic mass is 19.1. The molecular formula is C24H28FN3O3. The number of nitrogens with zero attached hydrogens (tertiary/aromatic N) is 2. The summed E-state index contributed by atoms with van der Waals surface area (Å²) in [5.74, 6) is 0.798. The smallest absolute Gasteiger partial charge is 0.188 e. The summed E-state index contributed by atoms with van der Waals surface area (Å²) in [5, 5.41) is 8.40. The second-order valence-electron chi connectivity index (χ2n) is 7.98. The highest BCUT2D eigenvalue weighted by Gasteiger charge is 2.23. The van der Waals surface area contributed by atoms with Crippen molar-refractivity contribution in [2.45, 2.75) is 25.2 Å².